The van der Waals surface area contributed by atoms with Gasteiger partial charge in [0.2, 0.25) is 21.8 Å². The van der Waals surface area contributed by atoms with Crippen LogP contribution < -0.4 is 9.62 Å². The summed E-state index contributed by atoms with van der Waals surface area (Å²) in [5, 5.41) is 3.66. The maximum Gasteiger partial charge on any atom is 0.244 e. The zero-order chi connectivity index (χ0) is 25.8. The zero-order valence-electron chi connectivity index (χ0n) is 19.6. The third-order valence-corrected chi connectivity index (χ3v) is 6.85. The molecule has 0 fully saturated rings. The molecule has 0 aliphatic rings. The minimum atomic E-state index is -3.91. The second kappa shape index (κ2) is 11.2. The van der Waals surface area contributed by atoms with Crippen LogP contribution in [0.3, 0.4) is 0 Å². The first-order valence-corrected chi connectivity index (χ1v) is 13.4. The first-order valence-electron chi connectivity index (χ1n) is 10.4. The second-order valence-electron chi connectivity index (χ2n) is 8.89. The molecular formula is C23H28Cl3N3O4S. The molecular weight excluding hydrogens is 521 g/mol. The van der Waals surface area contributed by atoms with Gasteiger partial charge in [0.15, 0.2) is 0 Å². The summed E-state index contributed by atoms with van der Waals surface area (Å²) >= 11 is 18.5. The third-order valence-electron chi connectivity index (χ3n) is 4.82. The Balaban J connectivity index is 2.45. The van der Waals surface area contributed by atoms with E-state index >= 15 is 0 Å². The minimum absolute atomic E-state index is 0.00316. The van der Waals surface area contributed by atoms with E-state index in [2.05, 4.69) is 5.32 Å². The molecule has 0 saturated carbocycles. The summed E-state index contributed by atoms with van der Waals surface area (Å²) in [6.07, 6.45) is 0.972. The maximum atomic E-state index is 13.5. The van der Waals surface area contributed by atoms with Crippen LogP contribution >= 0.6 is 34.8 Å². The van der Waals surface area contributed by atoms with Crippen LogP contribution in [-0.4, -0.2) is 49.5 Å². The molecule has 34 heavy (non-hydrogen) atoms. The number of amides is 2. The van der Waals surface area contributed by atoms with Gasteiger partial charge in [0, 0.05) is 22.1 Å². The van der Waals surface area contributed by atoms with Crippen LogP contribution in [0.25, 0.3) is 0 Å². The molecule has 0 spiro atoms. The summed E-state index contributed by atoms with van der Waals surface area (Å²) in [5.41, 5.74) is 0.190. The molecule has 7 nitrogen and oxygen atoms in total. The highest BCUT2D eigenvalue weighted by Gasteiger charge is 2.32. The van der Waals surface area contributed by atoms with Gasteiger partial charge in [-0.05, 0) is 57.5 Å². The van der Waals surface area contributed by atoms with Gasteiger partial charge in [-0.1, -0.05) is 53.0 Å². The van der Waals surface area contributed by atoms with Gasteiger partial charge in [-0.2, -0.15) is 0 Å². The van der Waals surface area contributed by atoms with E-state index in [0.29, 0.717) is 15.6 Å². The summed E-state index contributed by atoms with van der Waals surface area (Å²) in [6, 6.07) is 10.3. The lowest BCUT2D eigenvalue weighted by Crippen LogP contribution is -2.54. The van der Waals surface area contributed by atoms with Crippen LogP contribution in [-0.2, 0) is 26.2 Å². The standard InChI is InChI=1S/C23H28Cl3N3O4S/c1-15(22(31)27-23(2,3)4)28(13-16-8-6-7-9-18(16)25)21(30)14-29(34(5,32)33)20-11-10-17(24)12-19(20)26/h6-12,15H,13-14H2,1-5H3,(H,27,31)/t15-/m1/s1. The molecule has 11 heteroatoms. The molecule has 0 aliphatic heterocycles. The number of sulfonamides is 1. The molecule has 2 aromatic rings. The molecule has 0 heterocycles. The van der Waals surface area contributed by atoms with Crippen molar-refractivity contribution in [1.29, 1.82) is 0 Å². The van der Waals surface area contributed by atoms with E-state index in [-0.39, 0.29) is 23.2 Å². The van der Waals surface area contributed by atoms with Crippen LogP contribution in [0.5, 0.6) is 0 Å². The Labute approximate surface area is 216 Å². The lowest BCUT2D eigenvalue weighted by atomic mass is 10.1. The highest BCUT2D eigenvalue weighted by molar-refractivity contribution is 7.92. The zero-order valence-corrected chi connectivity index (χ0v) is 22.7. The predicted octanol–water partition coefficient (Wildman–Crippen LogP) is 4.74. The highest BCUT2D eigenvalue weighted by Crippen LogP contribution is 2.30. The van der Waals surface area contributed by atoms with Gasteiger partial charge in [-0.3, -0.25) is 13.9 Å². The quantitative estimate of drug-likeness (QED) is 0.516. The number of carbonyl (C=O) groups excluding carboxylic acids is 2. The molecule has 0 aliphatic carbocycles. The molecule has 1 N–H and O–H groups in total. The van der Waals surface area contributed by atoms with Crippen molar-refractivity contribution in [1.82, 2.24) is 10.2 Å². The fourth-order valence-corrected chi connectivity index (χ4v) is 4.76. The van der Waals surface area contributed by atoms with Gasteiger partial charge >= 0.3 is 0 Å². The van der Waals surface area contributed by atoms with Gasteiger partial charge in [-0.25, -0.2) is 8.42 Å². The van der Waals surface area contributed by atoms with Crippen molar-refractivity contribution in [3.8, 4) is 0 Å². The Morgan fingerprint density at radius 2 is 1.65 bits per heavy atom. The summed E-state index contributed by atoms with van der Waals surface area (Å²) in [7, 11) is -3.91. The minimum Gasteiger partial charge on any atom is -0.350 e. The van der Waals surface area contributed by atoms with E-state index in [9.17, 15) is 18.0 Å². The second-order valence-corrected chi connectivity index (χ2v) is 12.1. The van der Waals surface area contributed by atoms with Crippen LogP contribution in [0.4, 0.5) is 5.69 Å². The van der Waals surface area contributed by atoms with E-state index in [1.54, 1.807) is 31.2 Å². The Kier molecular flexibility index (Phi) is 9.27. The molecule has 0 saturated heterocycles. The Morgan fingerprint density at radius 3 is 2.18 bits per heavy atom. The average molecular weight is 549 g/mol. The van der Waals surface area contributed by atoms with E-state index in [0.717, 1.165) is 10.6 Å². The number of carbonyl (C=O) groups is 2. The van der Waals surface area contributed by atoms with Crippen LogP contribution in [0.2, 0.25) is 15.1 Å². The van der Waals surface area contributed by atoms with Crippen molar-refractivity contribution in [3.63, 3.8) is 0 Å². The molecule has 0 unspecified atom stereocenters. The largest absolute Gasteiger partial charge is 0.350 e. The van der Waals surface area contributed by atoms with Gasteiger partial charge in [0.25, 0.3) is 0 Å². The Hall–Kier alpha value is -2.00. The molecule has 2 amide bonds. The first-order chi connectivity index (χ1) is 15.6. The predicted molar refractivity (Wildman–Crippen MR) is 138 cm³/mol. The van der Waals surface area contributed by atoms with Crippen molar-refractivity contribution in [2.24, 2.45) is 0 Å². The lowest BCUT2D eigenvalue weighted by molar-refractivity contribution is -0.140. The number of benzene rings is 2. The van der Waals surface area contributed by atoms with Crippen molar-refractivity contribution in [3.05, 3.63) is 63.1 Å². The molecule has 1 atom stereocenters. The number of hydrogen-bond acceptors (Lipinski definition) is 4. The number of rotatable bonds is 8. The Bertz CT molecular complexity index is 1170. The normalized spacial score (nSPS) is 12.7. The van der Waals surface area contributed by atoms with Crippen molar-refractivity contribution < 1.29 is 18.0 Å². The summed E-state index contributed by atoms with van der Waals surface area (Å²) in [4.78, 5) is 27.7. The van der Waals surface area contributed by atoms with E-state index < -0.39 is 34.1 Å². The number of nitrogens with zero attached hydrogens (tertiary/aromatic N) is 2. The summed E-state index contributed by atoms with van der Waals surface area (Å²) in [5.74, 6) is -0.990. The monoisotopic (exact) mass is 547 g/mol. The molecule has 0 radical (unpaired) electrons. The fraction of sp³-hybridized carbons (Fsp3) is 0.391. The van der Waals surface area contributed by atoms with Crippen LogP contribution in [0, 0.1) is 0 Å². The number of nitrogens with one attached hydrogen (secondary N) is 1. The summed E-state index contributed by atoms with van der Waals surface area (Å²) in [6.45, 7) is 6.49. The fourth-order valence-electron chi connectivity index (χ4n) is 3.15. The van der Waals surface area contributed by atoms with E-state index in [1.807, 2.05) is 20.8 Å². The van der Waals surface area contributed by atoms with Gasteiger partial charge < -0.3 is 10.2 Å². The molecule has 186 valence electrons. The first kappa shape index (κ1) is 28.2. The average Bonchev–Trinajstić information content (AvgIpc) is 2.69. The molecule has 0 aromatic heterocycles. The number of halogens is 3. The van der Waals surface area contributed by atoms with Crippen molar-refractivity contribution in [2.75, 3.05) is 17.1 Å². The number of hydrogen-bond donors (Lipinski definition) is 1. The SMILES string of the molecule is C[C@H](C(=O)NC(C)(C)C)N(Cc1ccccc1Cl)C(=O)CN(c1ccc(Cl)cc1Cl)S(C)(=O)=O. The smallest absolute Gasteiger partial charge is 0.244 e. The van der Waals surface area contributed by atoms with Crippen molar-refractivity contribution >= 4 is 62.3 Å². The highest BCUT2D eigenvalue weighted by atomic mass is 35.5. The van der Waals surface area contributed by atoms with Gasteiger partial charge in [0.05, 0.1) is 17.0 Å². The van der Waals surface area contributed by atoms with Crippen molar-refractivity contribution in [2.45, 2.75) is 45.8 Å². The molecule has 2 aromatic carbocycles. The van der Waals surface area contributed by atoms with Crippen LogP contribution in [0.15, 0.2) is 42.5 Å². The summed E-state index contributed by atoms with van der Waals surface area (Å²) < 4.78 is 26.1. The van der Waals surface area contributed by atoms with Crippen LogP contribution in [0.1, 0.15) is 33.3 Å². The molecule has 0 bridgehead atoms. The van der Waals surface area contributed by atoms with Gasteiger partial charge in [0.1, 0.15) is 12.6 Å². The van der Waals surface area contributed by atoms with E-state index in [4.69, 9.17) is 34.8 Å². The third kappa shape index (κ3) is 7.77. The van der Waals surface area contributed by atoms with E-state index in [1.165, 1.54) is 23.1 Å². The molecule has 2 rings (SSSR count). The van der Waals surface area contributed by atoms with Gasteiger partial charge in [-0.15, -0.1) is 0 Å². The lowest BCUT2D eigenvalue weighted by Gasteiger charge is -2.33. The number of anilines is 1. The Morgan fingerprint density at radius 1 is 1.03 bits per heavy atom. The maximum absolute atomic E-state index is 13.5. The topological polar surface area (TPSA) is 86.8 Å².